The van der Waals surface area contributed by atoms with Crippen molar-refractivity contribution in [3.63, 3.8) is 0 Å². The molecule has 0 fully saturated rings. The van der Waals surface area contributed by atoms with E-state index >= 15 is 0 Å². The van der Waals surface area contributed by atoms with Gasteiger partial charge in [-0.05, 0) is 24.6 Å². The van der Waals surface area contributed by atoms with Gasteiger partial charge < -0.3 is 14.5 Å². The standard InChI is InChI=1S/C9H13O4P/c1-7(14(10,11)12)8-4-3-5-9(6-8)13-2/h3-7H,1-2H3,(H2,10,11,12). The van der Waals surface area contributed by atoms with Crippen LogP contribution in [0.4, 0.5) is 0 Å². The number of hydrogen-bond acceptors (Lipinski definition) is 2. The fourth-order valence-electron chi connectivity index (χ4n) is 1.10. The molecule has 0 saturated carbocycles. The summed E-state index contributed by atoms with van der Waals surface area (Å²) in [6.07, 6.45) is 0. The Balaban J connectivity index is 3.01. The molecular formula is C9H13O4P. The zero-order valence-electron chi connectivity index (χ0n) is 8.04. The molecule has 0 spiro atoms. The number of benzene rings is 1. The van der Waals surface area contributed by atoms with Gasteiger partial charge in [0.15, 0.2) is 0 Å². The normalized spacial score (nSPS) is 13.7. The van der Waals surface area contributed by atoms with E-state index in [0.29, 0.717) is 11.3 Å². The lowest BCUT2D eigenvalue weighted by molar-refractivity contribution is 0.361. The Kier molecular flexibility index (Phi) is 3.32. The van der Waals surface area contributed by atoms with E-state index in [2.05, 4.69) is 0 Å². The van der Waals surface area contributed by atoms with Crippen molar-refractivity contribution in [3.05, 3.63) is 29.8 Å². The molecule has 0 amide bonds. The molecule has 1 rings (SSSR count). The van der Waals surface area contributed by atoms with Crippen molar-refractivity contribution >= 4 is 7.60 Å². The van der Waals surface area contributed by atoms with Crippen LogP contribution in [0.2, 0.25) is 0 Å². The topological polar surface area (TPSA) is 66.8 Å². The van der Waals surface area contributed by atoms with Crippen molar-refractivity contribution in [1.82, 2.24) is 0 Å². The summed E-state index contributed by atoms with van der Waals surface area (Å²) in [6.45, 7) is 1.50. The molecule has 0 aliphatic rings. The van der Waals surface area contributed by atoms with E-state index in [1.54, 1.807) is 24.3 Å². The van der Waals surface area contributed by atoms with Gasteiger partial charge in [-0.1, -0.05) is 12.1 Å². The fourth-order valence-corrected chi connectivity index (χ4v) is 1.64. The molecule has 14 heavy (non-hydrogen) atoms. The predicted octanol–water partition coefficient (Wildman–Crippen LogP) is 1.93. The molecule has 2 N–H and O–H groups in total. The molecule has 78 valence electrons. The number of ether oxygens (including phenoxy) is 1. The van der Waals surface area contributed by atoms with E-state index < -0.39 is 13.3 Å². The lowest BCUT2D eigenvalue weighted by atomic mass is 10.1. The number of rotatable bonds is 3. The van der Waals surface area contributed by atoms with Crippen LogP contribution in [0.5, 0.6) is 5.75 Å². The van der Waals surface area contributed by atoms with E-state index in [1.165, 1.54) is 14.0 Å². The third-order valence-electron chi connectivity index (χ3n) is 2.08. The van der Waals surface area contributed by atoms with Crippen LogP contribution in [0.3, 0.4) is 0 Å². The van der Waals surface area contributed by atoms with Crippen molar-refractivity contribution < 1.29 is 19.1 Å². The molecule has 0 radical (unpaired) electrons. The lowest BCUT2D eigenvalue weighted by Gasteiger charge is -2.14. The Hall–Kier alpha value is -0.830. The minimum atomic E-state index is -4.06. The molecule has 5 heteroatoms. The van der Waals surface area contributed by atoms with Crippen molar-refractivity contribution in [2.45, 2.75) is 12.6 Å². The van der Waals surface area contributed by atoms with Gasteiger partial charge in [0.2, 0.25) is 0 Å². The Morgan fingerprint density at radius 2 is 2.07 bits per heavy atom. The van der Waals surface area contributed by atoms with Crippen LogP contribution >= 0.6 is 7.60 Å². The van der Waals surface area contributed by atoms with Gasteiger partial charge >= 0.3 is 7.60 Å². The van der Waals surface area contributed by atoms with Gasteiger partial charge in [0.1, 0.15) is 5.75 Å². The maximum Gasteiger partial charge on any atom is 0.332 e. The summed E-state index contributed by atoms with van der Waals surface area (Å²) < 4.78 is 15.9. The second-order valence-corrected chi connectivity index (χ2v) is 4.99. The quantitative estimate of drug-likeness (QED) is 0.757. The minimum absolute atomic E-state index is 0.581. The van der Waals surface area contributed by atoms with E-state index in [1.807, 2.05) is 0 Å². The predicted molar refractivity (Wildman–Crippen MR) is 53.5 cm³/mol. The smallest absolute Gasteiger partial charge is 0.332 e. The van der Waals surface area contributed by atoms with Crippen LogP contribution in [-0.4, -0.2) is 16.9 Å². The van der Waals surface area contributed by atoms with Gasteiger partial charge in [-0.15, -0.1) is 0 Å². The average molecular weight is 216 g/mol. The Morgan fingerprint density at radius 1 is 1.43 bits per heavy atom. The number of hydrogen-bond donors (Lipinski definition) is 2. The maximum absolute atomic E-state index is 11.0. The van der Waals surface area contributed by atoms with Gasteiger partial charge in [-0.25, -0.2) is 0 Å². The third-order valence-corrected chi connectivity index (χ3v) is 3.39. The minimum Gasteiger partial charge on any atom is -0.497 e. The molecular weight excluding hydrogens is 203 g/mol. The lowest BCUT2D eigenvalue weighted by Crippen LogP contribution is -1.95. The van der Waals surface area contributed by atoms with E-state index in [9.17, 15) is 4.57 Å². The van der Waals surface area contributed by atoms with Gasteiger partial charge in [-0.2, -0.15) is 0 Å². The Labute approximate surface area is 82.7 Å². The monoisotopic (exact) mass is 216 g/mol. The molecule has 0 aliphatic carbocycles. The first kappa shape index (κ1) is 11.2. The van der Waals surface area contributed by atoms with E-state index in [4.69, 9.17) is 14.5 Å². The molecule has 0 aliphatic heterocycles. The van der Waals surface area contributed by atoms with Gasteiger partial charge in [0, 0.05) is 0 Å². The van der Waals surface area contributed by atoms with Gasteiger partial charge in [0.05, 0.1) is 12.8 Å². The largest absolute Gasteiger partial charge is 0.497 e. The summed E-state index contributed by atoms with van der Waals surface area (Å²) in [4.78, 5) is 17.9. The molecule has 4 nitrogen and oxygen atoms in total. The summed E-state index contributed by atoms with van der Waals surface area (Å²) >= 11 is 0. The van der Waals surface area contributed by atoms with Crippen LogP contribution in [0.15, 0.2) is 24.3 Å². The summed E-state index contributed by atoms with van der Waals surface area (Å²) in [5.41, 5.74) is -0.213. The molecule has 1 aromatic rings. The molecule has 1 unspecified atom stereocenters. The highest BCUT2D eigenvalue weighted by Crippen LogP contribution is 2.51. The number of methoxy groups -OCH3 is 1. The van der Waals surface area contributed by atoms with E-state index in [-0.39, 0.29) is 0 Å². The molecule has 0 bridgehead atoms. The second-order valence-electron chi connectivity index (χ2n) is 3.04. The molecule has 1 atom stereocenters. The maximum atomic E-state index is 11.0. The van der Waals surface area contributed by atoms with Crippen LogP contribution in [0.1, 0.15) is 18.1 Å². The first-order valence-corrected chi connectivity index (χ1v) is 5.82. The third kappa shape index (κ3) is 2.58. The summed E-state index contributed by atoms with van der Waals surface area (Å²) in [5.74, 6) is 0.600. The summed E-state index contributed by atoms with van der Waals surface area (Å²) in [5, 5.41) is 0. The second kappa shape index (κ2) is 4.13. The summed E-state index contributed by atoms with van der Waals surface area (Å²) in [7, 11) is -2.55. The Bertz CT molecular complexity index is 358. The van der Waals surface area contributed by atoms with Gasteiger partial charge in [-0.3, -0.25) is 4.57 Å². The molecule has 0 aromatic heterocycles. The average Bonchev–Trinajstić information content (AvgIpc) is 2.15. The SMILES string of the molecule is COc1cccc(C(C)P(=O)(O)O)c1. The summed E-state index contributed by atoms with van der Waals surface area (Å²) in [6, 6.07) is 6.74. The van der Waals surface area contributed by atoms with Crippen LogP contribution in [0.25, 0.3) is 0 Å². The van der Waals surface area contributed by atoms with E-state index in [0.717, 1.165) is 0 Å². The molecule has 1 aromatic carbocycles. The highest BCUT2D eigenvalue weighted by Gasteiger charge is 2.25. The van der Waals surface area contributed by atoms with Crippen molar-refractivity contribution in [1.29, 1.82) is 0 Å². The van der Waals surface area contributed by atoms with Crippen molar-refractivity contribution in [3.8, 4) is 5.75 Å². The zero-order chi connectivity index (χ0) is 10.8. The first-order chi connectivity index (χ1) is 6.45. The Morgan fingerprint density at radius 3 is 2.57 bits per heavy atom. The zero-order valence-corrected chi connectivity index (χ0v) is 8.94. The van der Waals surface area contributed by atoms with Crippen LogP contribution < -0.4 is 4.74 Å². The molecule has 0 saturated heterocycles. The highest BCUT2D eigenvalue weighted by atomic mass is 31.2. The van der Waals surface area contributed by atoms with Gasteiger partial charge in [0.25, 0.3) is 0 Å². The fraction of sp³-hybridized carbons (Fsp3) is 0.333. The van der Waals surface area contributed by atoms with Crippen molar-refractivity contribution in [2.75, 3.05) is 7.11 Å². The van der Waals surface area contributed by atoms with Crippen LogP contribution in [0, 0.1) is 0 Å². The molecule has 0 heterocycles. The van der Waals surface area contributed by atoms with Crippen molar-refractivity contribution in [2.24, 2.45) is 0 Å². The first-order valence-electron chi connectivity index (χ1n) is 4.14. The highest BCUT2D eigenvalue weighted by molar-refractivity contribution is 7.52. The van der Waals surface area contributed by atoms with Crippen LogP contribution in [-0.2, 0) is 4.57 Å².